The first-order valence-corrected chi connectivity index (χ1v) is 12.0. The number of nitrogens with one attached hydrogen (secondary N) is 2. The number of benzene rings is 1. The van der Waals surface area contributed by atoms with Crippen LogP contribution in [0.4, 0.5) is 0 Å². The third-order valence-corrected chi connectivity index (χ3v) is 6.63. The Morgan fingerprint density at radius 2 is 1.79 bits per heavy atom. The van der Waals surface area contributed by atoms with Gasteiger partial charge in [0.05, 0.1) is 17.0 Å². The number of H-pyrrole nitrogens is 2. The molecular weight excluding hydrogens is 424 g/mol. The average molecular weight is 457 g/mol. The van der Waals surface area contributed by atoms with Crippen LogP contribution in [0.3, 0.4) is 0 Å². The summed E-state index contributed by atoms with van der Waals surface area (Å²) in [5, 5.41) is 8.17. The summed E-state index contributed by atoms with van der Waals surface area (Å²) >= 11 is 0. The summed E-state index contributed by atoms with van der Waals surface area (Å²) in [5.74, 6) is 0.461. The van der Waals surface area contributed by atoms with Crippen molar-refractivity contribution in [1.29, 1.82) is 0 Å². The van der Waals surface area contributed by atoms with Crippen molar-refractivity contribution >= 4 is 10.9 Å². The maximum Gasteiger partial charge on any atom is 0.273 e. The van der Waals surface area contributed by atoms with E-state index < -0.39 is 0 Å². The van der Waals surface area contributed by atoms with E-state index in [-0.39, 0.29) is 5.56 Å². The number of aromatic amines is 2. The highest BCUT2D eigenvalue weighted by Crippen LogP contribution is 2.32. The topological polar surface area (TPSA) is 80.9 Å². The second kappa shape index (κ2) is 9.52. The maximum atomic E-state index is 12.9. The zero-order valence-corrected chi connectivity index (χ0v) is 20.1. The second-order valence-corrected chi connectivity index (χ2v) is 9.77. The van der Waals surface area contributed by atoms with Crippen LogP contribution in [0.15, 0.2) is 53.6 Å². The minimum absolute atomic E-state index is 0.188. The van der Waals surface area contributed by atoms with Crippen molar-refractivity contribution < 1.29 is 0 Å². The van der Waals surface area contributed by atoms with Gasteiger partial charge in [0.15, 0.2) is 0 Å². The number of aromatic nitrogens is 4. The first-order chi connectivity index (χ1) is 16.5. The largest absolute Gasteiger partial charge is 0.354 e. The number of piperazine rings is 1. The van der Waals surface area contributed by atoms with Gasteiger partial charge in [-0.2, -0.15) is 5.10 Å². The molecule has 4 aromatic rings. The van der Waals surface area contributed by atoms with E-state index in [9.17, 15) is 4.79 Å². The molecule has 2 N–H and O–H groups in total. The van der Waals surface area contributed by atoms with Crippen molar-refractivity contribution in [1.82, 2.24) is 30.0 Å². The molecule has 0 saturated carbocycles. The van der Waals surface area contributed by atoms with Crippen molar-refractivity contribution in [2.45, 2.75) is 26.8 Å². The molecule has 0 atom stereocenters. The normalized spacial score (nSPS) is 15.4. The van der Waals surface area contributed by atoms with Gasteiger partial charge in [0.25, 0.3) is 5.56 Å². The zero-order valence-electron chi connectivity index (χ0n) is 20.1. The average Bonchev–Trinajstić information content (AvgIpc) is 3.18. The molecule has 0 spiro atoms. The fourth-order valence-electron chi connectivity index (χ4n) is 4.78. The Bertz CT molecular complexity index is 1330. The summed E-state index contributed by atoms with van der Waals surface area (Å²) in [6, 6.07) is 12.4. The van der Waals surface area contributed by atoms with Gasteiger partial charge < -0.3 is 9.88 Å². The number of likely N-dealkylation sites (N-methyl/N-ethyl adjacent to an activating group) is 1. The standard InChI is InChI=1S/C27H32N6O/c1-18(2)14-22-21-5-4-19(17-33-12-10-32(3)11-13-33)15-25(21)29-26(22)23-16-24(30-31-27(23)34)20-6-8-28-9-7-20/h4-9,15-16,18,29H,10-14,17H2,1-3H3,(H,31,34). The van der Waals surface area contributed by atoms with Gasteiger partial charge in [0.2, 0.25) is 0 Å². The van der Waals surface area contributed by atoms with E-state index in [1.165, 1.54) is 16.5 Å². The van der Waals surface area contributed by atoms with Crippen molar-refractivity contribution in [2.75, 3.05) is 33.2 Å². The smallest absolute Gasteiger partial charge is 0.273 e. The van der Waals surface area contributed by atoms with Gasteiger partial charge in [-0.1, -0.05) is 26.0 Å². The van der Waals surface area contributed by atoms with Gasteiger partial charge in [0.1, 0.15) is 0 Å². The fraction of sp³-hybridized carbons (Fsp3) is 0.370. The second-order valence-electron chi connectivity index (χ2n) is 9.77. The van der Waals surface area contributed by atoms with E-state index in [1.807, 2.05) is 18.2 Å². The Hall–Kier alpha value is -3.29. The lowest BCUT2D eigenvalue weighted by molar-refractivity contribution is 0.148. The molecule has 7 heteroatoms. The van der Waals surface area contributed by atoms with E-state index in [1.54, 1.807) is 12.4 Å². The molecule has 0 amide bonds. The molecule has 0 radical (unpaired) electrons. The Balaban J connectivity index is 1.56. The molecule has 5 rings (SSSR count). The van der Waals surface area contributed by atoms with Crippen molar-refractivity contribution in [3.63, 3.8) is 0 Å². The lowest BCUT2D eigenvalue weighted by Crippen LogP contribution is -2.43. The maximum absolute atomic E-state index is 12.9. The van der Waals surface area contributed by atoms with E-state index in [0.29, 0.717) is 11.5 Å². The Labute approximate surface area is 199 Å². The molecule has 4 heterocycles. The van der Waals surface area contributed by atoms with Crippen molar-refractivity contribution in [3.8, 4) is 22.5 Å². The van der Waals surface area contributed by atoms with Gasteiger partial charge in [-0.15, -0.1) is 0 Å². The van der Waals surface area contributed by atoms with Crippen LogP contribution in [-0.4, -0.2) is 63.2 Å². The van der Waals surface area contributed by atoms with Crippen molar-refractivity contribution in [2.24, 2.45) is 5.92 Å². The van der Waals surface area contributed by atoms with Crippen LogP contribution in [0.2, 0.25) is 0 Å². The van der Waals surface area contributed by atoms with Crippen LogP contribution in [0.1, 0.15) is 25.0 Å². The Morgan fingerprint density at radius 3 is 2.53 bits per heavy atom. The summed E-state index contributed by atoms with van der Waals surface area (Å²) in [6.45, 7) is 9.77. The molecule has 0 bridgehead atoms. The van der Waals surface area contributed by atoms with E-state index in [4.69, 9.17) is 0 Å². The molecule has 7 nitrogen and oxygen atoms in total. The highest BCUT2D eigenvalue weighted by atomic mass is 16.1. The number of hydrogen-bond acceptors (Lipinski definition) is 5. The van der Waals surface area contributed by atoms with E-state index in [2.05, 4.69) is 69.1 Å². The number of rotatable bonds is 6. The summed E-state index contributed by atoms with van der Waals surface area (Å²) < 4.78 is 0. The van der Waals surface area contributed by atoms with Crippen LogP contribution in [0, 0.1) is 5.92 Å². The SMILES string of the molecule is CC(C)Cc1c(-c2cc(-c3ccncc3)n[nH]c2=O)[nH]c2cc(CN3CCN(C)CC3)ccc12. The first-order valence-electron chi connectivity index (χ1n) is 12.0. The lowest BCUT2D eigenvalue weighted by Gasteiger charge is -2.32. The highest BCUT2D eigenvalue weighted by Gasteiger charge is 2.19. The van der Waals surface area contributed by atoms with Gasteiger partial charge >= 0.3 is 0 Å². The summed E-state index contributed by atoms with van der Waals surface area (Å²) in [4.78, 5) is 25.5. The molecule has 1 aliphatic rings. The Morgan fingerprint density at radius 1 is 1.03 bits per heavy atom. The molecule has 176 valence electrons. The monoisotopic (exact) mass is 456 g/mol. The molecule has 34 heavy (non-hydrogen) atoms. The number of hydrogen-bond donors (Lipinski definition) is 2. The lowest BCUT2D eigenvalue weighted by atomic mass is 9.96. The number of pyridine rings is 1. The van der Waals surface area contributed by atoms with Gasteiger partial charge in [-0.25, -0.2) is 5.10 Å². The highest BCUT2D eigenvalue weighted by molar-refractivity contribution is 5.91. The quantitative estimate of drug-likeness (QED) is 0.460. The van der Waals surface area contributed by atoms with Crippen LogP contribution >= 0.6 is 0 Å². The van der Waals surface area contributed by atoms with Crippen LogP contribution in [0.25, 0.3) is 33.4 Å². The molecule has 1 saturated heterocycles. The molecule has 3 aromatic heterocycles. The van der Waals surface area contributed by atoms with Crippen LogP contribution in [0.5, 0.6) is 0 Å². The fourth-order valence-corrected chi connectivity index (χ4v) is 4.78. The third-order valence-electron chi connectivity index (χ3n) is 6.63. The van der Waals surface area contributed by atoms with Crippen LogP contribution in [-0.2, 0) is 13.0 Å². The third kappa shape index (κ3) is 4.67. The summed E-state index contributed by atoms with van der Waals surface area (Å²) in [6.07, 6.45) is 4.35. The molecule has 1 fully saturated rings. The zero-order chi connectivity index (χ0) is 23.7. The van der Waals surface area contributed by atoms with Gasteiger partial charge in [-0.3, -0.25) is 14.7 Å². The van der Waals surface area contributed by atoms with Crippen LogP contribution < -0.4 is 5.56 Å². The minimum atomic E-state index is -0.188. The van der Waals surface area contributed by atoms with Gasteiger partial charge in [-0.05, 0) is 54.8 Å². The van der Waals surface area contributed by atoms with E-state index in [0.717, 1.165) is 61.6 Å². The summed E-state index contributed by atoms with van der Waals surface area (Å²) in [5.41, 5.74) is 6.53. The number of fused-ring (bicyclic) bond motifs is 1. The predicted octanol–water partition coefficient (Wildman–Crippen LogP) is 3.93. The molecule has 0 aliphatic carbocycles. The van der Waals surface area contributed by atoms with Gasteiger partial charge in [0, 0.05) is 61.6 Å². The molecular formula is C27H32N6O. The molecule has 1 aliphatic heterocycles. The molecule has 1 aromatic carbocycles. The minimum Gasteiger partial charge on any atom is -0.354 e. The predicted molar refractivity (Wildman–Crippen MR) is 137 cm³/mol. The summed E-state index contributed by atoms with van der Waals surface area (Å²) in [7, 11) is 2.18. The number of nitrogens with zero attached hydrogens (tertiary/aromatic N) is 4. The molecule has 0 unspecified atom stereocenters. The van der Waals surface area contributed by atoms with Crippen molar-refractivity contribution in [3.05, 3.63) is 70.3 Å². The van der Waals surface area contributed by atoms with E-state index >= 15 is 0 Å². The Kier molecular flexibility index (Phi) is 6.30. The first kappa shape index (κ1) is 22.5.